The molecule has 4 heteroatoms. The lowest BCUT2D eigenvalue weighted by molar-refractivity contribution is -0.221. The maximum Gasteiger partial charge on any atom is 0.313 e. The van der Waals surface area contributed by atoms with E-state index >= 15 is 0 Å². The molecule has 0 aromatic heterocycles. The van der Waals surface area contributed by atoms with E-state index < -0.39 is 11.7 Å². The molecule has 4 aliphatic rings. The maximum atomic E-state index is 12.4. The molecule has 22 heavy (non-hydrogen) atoms. The summed E-state index contributed by atoms with van der Waals surface area (Å²) in [5.74, 6) is 1.67. The van der Waals surface area contributed by atoms with E-state index in [0.717, 1.165) is 25.7 Å². The molecule has 6 atom stereocenters. The highest BCUT2D eigenvalue weighted by molar-refractivity contribution is 5.86. The van der Waals surface area contributed by atoms with Gasteiger partial charge in [-0.15, -0.1) is 0 Å². The number of carbonyl (C=O) groups is 2. The first kappa shape index (κ1) is 16.0. The third kappa shape index (κ3) is 2.70. The van der Waals surface area contributed by atoms with E-state index in [-0.39, 0.29) is 23.9 Å². The molecule has 124 valence electrons. The van der Waals surface area contributed by atoms with Crippen LogP contribution in [0.4, 0.5) is 0 Å². The second-order valence-corrected chi connectivity index (χ2v) is 8.09. The zero-order chi connectivity index (χ0) is 16.1. The Bertz CT molecular complexity index is 470. The molecule has 4 aliphatic carbocycles. The number of ether oxygens (including phenoxy) is 2. The van der Waals surface area contributed by atoms with Crippen LogP contribution in [0.2, 0.25) is 0 Å². The number of Topliss-reactive ketones (excluding diaryl/α,β-unsaturated/α-hetero) is 1. The molecule has 0 aromatic rings. The van der Waals surface area contributed by atoms with Crippen LogP contribution in [0.1, 0.15) is 59.8 Å². The predicted molar refractivity (Wildman–Crippen MR) is 81.9 cm³/mol. The molecule has 6 unspecified atom stereocenters. The number of esters is 1. The molecule has 4 fully saturated rings. The fourth-order valence-corrected chi connectivity index (χ4v) is 4.49. The molecular weight excluding hydrogens is 280 g/mol. The molecule has 0 N–H and O–H groups in total. The smallest absolute Gasteiger partial charge is 0.313 e. The van der Waals surface area contributed by atoms with Gasteiger partial charge in [-0.25, -0.2) is 0 Å². The van der Waals surface area contributed by atoms with Crippen molar-refractivity contribution in [3.63, 3.8) is 0 Å². The first-order valence-corrected chi connectivity index (χ1v) is 8.72. The average Bonchev–Trinajstić information content (AvgIpc) is 2.47. The molecule has 0 saturated heterocycles. The van der Waals surface area contributed by atoms with Gasteiger partial charge in [-0.2, -0.15) is 0 Å². The van der Waals surface area contributed by atoms with Gasteiger partial charge >= 0.3 is 5.97 Å². The van der Waals surface area contributed by atoms with Crippen LogP contribution in [0.5, 0.6) is 0 Å². The van der Waals surface area contributed by atoms with Gasteiger partial charge in [-0.05, 0) is 64.7 Å². The van der Waals surface area contributed by atoms with Crippen LogP contribution in [0, 0.1) is 29.1 Å². The van der Waals surface area contributed by atoms with E-state index in [1.165, 1.54) is 6.42 Å². The Balaban J connectivity index is 1.61. The quantitative estimate of drug-likeness (QED) is 0.577. The largest absolute Gasteiger partial charge is 0.436 e. The normalized spacial score (nSPS) is 38.2. The van der Waals surface area contributed by atoms with Crippen molar-refractivity contribution in [1.29, 1.82) is 0 Å². The maximum absolute atomic E-state index is 12.4. The number of rotatable bonds is 5. The van der Waals surface area contributed by atoms with Crippen molar-refractivity contribution < 1.29 is 19.1 Å². The fourth-order valence-electron chi connectivity index (χ4n) is 4.49. The SMILES string of the molecule is CCC(C)(C)C(=O)OC(C)OC1C2CC3CC(C2)C(=O)C1C3. The molecule has 0 radical (unpaired) electrons. The minimum atomic E-state index is -0.575. The van der Waals surface area contributed by atoms with E-state index in [1.54, 1.807) is 6.92 Å². The number of hydrogen-bond acceptors (Lipinski definition) is 4. The lowest BCUT2D eigenvalue weighted by atomic mass is 9.54. The van der Waals surface area contributed by atoms with Crippen molar-refractivity contribution in [3.8, 4) is 0 Å². The Hall–Kier alpha value is -0.900. The van der Waals surface area contributed by atoms with Crippen molar-refractivity contribution in [2.75, 3.05) is 0 Å². The second kappa shape index (κ2) is 5.63. The molecule has 0 aliphatic heterocycles. The molecule has 4 rings (SSSR count). The van der Waals surface area contributed by atoms with Crippen LogP contribution >= 0.6 is 0 Å². The Morgan fingerprint density at radius 2 is 2.00 bits per heavy atom. The lowest BCUT2D eigenvalue weighted by Gasteiger charge is -2.53. The van der Waals surface area contributed by atoms with E-state index in [1.807, 2.05) is 20.8 Å². The van der Waals surface area contributed by atoms with Gasteiger partial charge in [0.1, 0.15) is 5.78 Å². The van der Waals surface area contributed by atoms with Gasteiger partial charge in [-0.1, -0.05) is 6.92 Å². The first-order valence-electron chi connectivity index (χ1n) is 8.72. The molecular formula is C18H28O4. The van der Waals surface area contributed by atoms with Crippen LogP contribution in [0.15, 0.2) is 0 Å². The fraction of sp³-hybridized carbons (Fsp3) is 0.889. The van der Waals surface area contributed by atoms with Gasteiger partial charge in [0.05, 0.1) is 11.5 Å². The standard InChI is InChI=1S/C18H28O4/c1-5-18(3,4)17(20)22-10(2)21-16-13-7-11-6-12(9-13)15(19)14(16)8-11/h10-14,16H,5-9H2,1-4H3. The molecule has 4 nitrogen and oxygen atoms in total. The van der Waals surface area contributed by atoms with Crippen molar-refractivity contribution >= 4 is 11.8 Å². The summed E-state index contributed by atoms with van der Waals surface area (Å²) in [4.78, 5) is 24.6. The molecule has 4 bridgehead atoms. The molecule has 0 aromatic carbocycles. The molecule has 0 spiro atoms. The summed E-state index contributed by atoms with van der Waals surface area (Å²) in [5.41, 5.74) is -0.489. The zero-order valence-corrected chi connectivity index (χ0v) is 14.1. The summed E-state index contributed by atoms with van der Waals surface area (Å²) in [6.07, 6.45) is 4.31. The number of carbonyl (C=O) groups excluding carboxylic acids is 2. The van der Waals surface area contributed by atoms with E-state index in [0.29, 0.717) is 17.6 Å². The molecule has 4 saturated carbocycles. The minimum Gasteiger partial charge on any atom is -0.436 e. The Morgan fingerprint density at radius 3 is 2.68 bits per heavy atom. The van der Waals surface area contributed by atoms with Crippen LogP contribution in [0.3, 0.4) is 0 Å². The number of hydrogen-bond donors (Lipinski definition) is 0. The van der Waals surface area contributed by atoms with Gasteiger partial charge < -0.3 is 9.47 Å². The minimum absolute atomic E-state index is 0.0385. The van der Waals surface area contributed by atoms with Crippen molar-refractivity contribution in [2.24, 2.45) is 29.1 Å². The third-order valence-electron chi connectivity index (χ3n) is 6.12. The van der Waals surface area contributed by atoms with Crippen LogP contribution in [0.25, 0.3) is 0 Å². The topological polar surface area (TPSA) is 52.6 Å². The van der Waals surface area contributed by atoms with E-state index in [4.69, 9.17) is 9.47 Å². The van der Waals surface area contributed by atoms with Gasteiger partial charge in [-0.3, -0.25) is 9.59 Å². The highest BCUT2D eigenvalue weighted by Gasteiger charge is 2.54. The summed E-state index contributed by atoms with van der Waals surface area (Å²) < 4.78 is 11.5. The van der Waals surface area contributed by atoms with Crippen LogP contribution < -0.4 is 0 Å². The van der Waals surface area contributed by atoms with Gasteiger partial charge in [0, 0.05) is 11.8 Å². The molecule has 0 heterocycles. The Morgan fingerprint density at radius 1 is 1.27 bits per heavy atom. The van der Waals surface area contributed by atoms with Crippen LogP contribution in [-0.2, 0) is 19.1 Å². The summed E-state index contributed by atoms with van der Waals surface area (Å²) >= 11 is 0. The van der Waals surface area contributed by atoms with Crippen molar-refractivity contribution in [2.45, 2.75) is 72.2 Å². The Kier molecular flexibility index (Phi) is 4.09. The lowest BCUT2D eigenvalue weighted by Crippen LogP contribution is -2.55. The highest BCUT2D eigenvalue weighted by atomic mass is 16.7. The summed E-state index contributed by atoms with van der Waals surface area (Å²) in [7, 11) is 0. The van der Waals surface area contributed by atoms with Crippen molar-refractivity contribution in [1.82, 2.24) is 0 Å². The first-order chi connectivity index (χ1) is 10.3. The van der Waals surface area contributed by atoms with Gasteiger partial charge in [0.2, 0.25) is 0 Å². The van der Waals surface area contributed by atoms with Gasteiger partial charge in [0.15, 0.2) is 6.29 Å². The zero-order valence-electron chi connectivity index (χ0n) is 14.1. The summed E-state index contributed by atoms with van der Waals surface area (Å²) in [6, 6.07) is 0. The predicted octanol–water partition coefficient (Wildman–Crippen LogP) is 3.33. The summed E-state index contributed by atoms with van der Waals surface area (Å²) in [5, 5.41) is 0. The average molecular weight is 308 g/mol. The van der Waals surface area contributed by atoms with Crippen LogP contribution in [-0.4, -0.2) is 24.1 Å². The van der Waals surface area contributed by atoms with E-state index in [2.05, 4.69) is 0 Å². The van der Waals surface area contributed by atoms with Gasteiger partial charge in [0.25, 0.3) is 0 Å². The third-order valence-corrected chi connectivity index (χ3v) is 6.12. The summed E-state index contributed by atoms with van der Waals surface area (Å²) in [6.45, 7) is 7.52. The van der Waals surface area contributed by atoms with E-state index in [9.17, 15) is 9.59 Å². The second-order valence-electron chi connectivity index (χ2n) is 8.09. The highest BCUT2D eigenvalue weighted by Crippen LogP contribution is 2.53. The Labute approximate surface area is 132 Å². The number of ketones is 1. The molecule has 0 amide bonds. The van der Waals surface area contributed by atoms with Crippen molar-refractivity contribution in [3.05, 3.63) is 0 Å². The monoisotopic (exact) mass is 308 g/mol.